The van der Waals surface area contributed by atoms with Gasteiger partial charge in [-0.3, -0.25) is 14.7 Å². The minimum Gasteiger partial charge on any atom is -0.341 e. The molecule has 0 bridgehead atoms. The van der Waals surface area contributed by atoms with Crippen LogP contribution in [-0.2, 0) is 17.9 Å². The van der Waals surface area contributed by atoms with Crippen molar-refractivity contribution in [2.45, 2.75) is 25.9 Å². The van der Waals surface area contributed by atoms with Crippen LogP contribution in [0.4, 0.5) is 0 Å². The molecule has 1 atom stereocenters. The number of hydrogen-bond acceptors (Lipinski definition) is 3. The van der Waals surface area contributed by atoms with Crippen LogP contribution < -0.4 is 0 Å². The summed E-state index contributed by atoms with van der Waals surface area (Å²) < 4.78 is 0. The van der Waals surface area contributed by atoms with Gasteiger partial charge < -0.3 is 4.90 Å². The molecule has 4 heteroatoms. The molecular formula is C20H25N3O. The molecule has 1 aliphatic heterocycles. The molecular weight excluding hydrogens is 298 g/mol. The summed E-state index contributed by atoms with van der Waals surface area (Å²) >= 11 is 0. The SMILES string of the molecule is CN(Cc1ccccc1)C(=O)[C@H]1CCCN(Cc2cccnc2)C1. The van der Waals surface area contributed by atoms with Crippen molar-refractivity contribution in [3.8, 4) is 0 Å². The Bertz CT molecular complexity index is 644. The van der Waals surface area contributed by atoms with Gasteiger partial charge in [0.2, 0.25) is 5.91 Å². The molecule has 0 saturated carbocycles. The van der Waals surface area contributed by atoms with E-state index in [1.54, 1.807) is 6.20 Å². The van der Waals surface area contributed by atoms with Crippen LogP contribution in [0.1, 0.15) is 24.0 Å². The first-order valence-corrected chi connectivity index (χ1v) is 8.62. The van der Waals surface area contributed by atoms with Crippen LogP contribution in [0.15, 0.2) is 54.9 Å². The van der Waals surface area contributed by atoms with Crippen molar-refractivity contribution in [2.24, 2.45) is 5.92 Å². The van der Waals surface area contributed by atoms with Gasteiger partial charge in [-0.05, 0) is 36.6 Å². The summed E-state index contributed by atoms with van der Waals surface area (Å²) in [7, 11) is 1.91. The van der Waals surface area contributed by atoms with Gasteiger partial charge in [0.1, 0.15) is 0 Å². The monoisotopic (exact) mass is 323 g/mol. The predicted molar refractivity (Wildman–Crippen MR) is 95.2 cm³/mol. The smallest absolute Gasteiger partial charge is 0.227 e. The molecule has 1 fully saturated rings. The Morgan fingerprint density at radius 1 is 1.21 bits per heavy atom. The zero-order valence-electron chi connectivity index (χ0n) is 14.3. The van der Waals surface area contributed by atoms with E-state index in [0.29, 0.717) is 6.54 Å². The number of likely N-dealkylation sites (tertiary alicyclic amines) is 1. The maximum atomic E-state index is 12.8. The highest BCUT2D eigenvalue weighted by molar-refractivity contribution is 5.78. The predicted octanol–water partition coefficient (Wildman–Crippen LogP) is 2.95. The molecule has 0 N–H and O–H groups in total. The molecule has 0 unspecified atom stereocenters. The summed E-state index contributed by atoms with van der Waals surface area (Å²) in [5, 5.41) is 0. The van der Waals surface area contributed by atoms with Gasteiger partial charge in [-0.2, -0.15) is 0 Å². The minimum absolute atomic E-state index is 0.101. The van der Waals surface area contributed by atoms with Crippen molar-refractivity contribution >= 4 is 5.91 Å². The van der Waals surface area contributed by atoms with E-state index in [9.17, 15) is 4.79 Å². The van der Waals surface area contributed by atoms with Crippen molar-refractivity contribution in [2.75, 3.05) is 20.1 Å². The largest absolute Gasteiger partial charge is 0.341 e. The van der Waals surface area contributed by atoms with Crippen LogP contribution in [0.2, 0.25) is 0 Å². The number of carbonyl (C=O) groups excluding carboxylic acids is 1. The number of hydrogen-bond donors (Lipinski definition) is 0. The number of pyridine rings is 1. The molecule has 1 aromatic heterocycles. The third kappa shape index (κ3) is 4.42. The van der Waals surface area contributed by atoms with E-state index in [4.69, 9.17) is 0 Å². The van der Waals surface area contributed by atoms with E-state index in [1.165, 1.54) is 11.1 Å². The third-order valence-corrected chi connectivity index (χ3v) is 4.62. The number of amides is 1. The molecule has 0 radical (unpaired) electrons. The molecule has 24 heavy (non-hydrogen) atoms. The van der Waals surface area contributed by atoms with Gasteiger partial charge in [0.15, 0.2) is 0 Å². The van der Waals surface area contributed by atoms with E-state index < -0.39 is 0 Å². The first-order valence-electron chi connectivity index (χ1n) is 8.62. The first-order chi connectivity index (χ1) is 11.7. The number of rotatable bonds is 5. The number of aromatic nitrogens is 1. The van der Waals surface area contributed by atoms with E-state index in [-0.39, 0.29) is 11.8 Å². The fourth-order valence-corrected chi connectivity index (χ4v) is 3.40. The number of nitrogens with zero attached hydrogens (tertiary/aromatic N) is 3. The first kappa shape index (κ1) is 16.7. The maximum absolute atomic E-state index is 12.8. The van der Waals surface area contributed by atoms with E-state index in [1.807, 2.05) is 42.4 Å². The molecule has 2 aromatic rings. The van der Waals surface area contributed by atoms with Crippen LogP contribution >= 0.6 is 0 Å². The molecule has 126 valence electrons. The Balaban J connectivity index is 1.56. The summed E-state index contributed by atoms with van der Waals surface area (Å²) in [5.41, 5.74) is 2.39. The van der Waals surface area contributed by atoms with Gasteiger partial charge in [0, 0.05) is 39.1 Å². The Hall–Kier alpha value is -2.20. The second kappa shape index (κ2) is 8.06. The summed E-state index contributed by atoms with van der Waals surface area (Å²) in [6.07, 6.45) is 5.77. The van der Waals surface area contributed by atoms with E-state index >= 15 is 0 Å². The fraction of sp³-hybridized carbons (Fsp3) is 0.400. The zero-order chi connectivity index (χ0) is 16.8. The van der Waals surface area contributed by atoms with E-state index in [0.717, 1.165) is 32.5 Å². The second-order valence-corrected chi connectivity index (χ2v) is 6.62. The highest BCUT2D eigenvalue weighted by Crippen LogP contribution is 2.21. The van der Waals surface area contributed by atoms with Crippen molar-refractivity contribution in [3.05, 3.63) is 66.0 Å². The highest BCUT2D eigenvalue weighted by Gasteiger charge is 2.27. The molecule has 4 nitrogen and oxygen atoms in total. The van der Waals surface area contributed by atoms with Crippen LogP contribution in [0.5, 0.6) is 0 Å². The number of carbonyl (C=O) groups is 1. The number of piperidine rings is 1. The molecule has 0 aliphatic carbocycles. The second-order valence-electron chi connectivity index (χ2n) is 6.62. The quantitative estimate of drug-likeness (QED) is 0.849. The number of benzene rings is 1. The van der Waals surface area contributed by atoms with Crippen LogP contribution in [0.3, 0.4) is 0 Å². The molecule has 0 spiro atoms. The van der Waals surface area contributed by atoms with Gasteiger partial charge in [0.25, 0.3) is 0 Å². The Kier molecular flexibility index (Phi) is 5.59. The topological polar surface area (TPSA) is 36.4 Å². The maximum Gasteiger partial charge on any atom is 0.227 e. The van der Waals surface area contributed by atoms with Crippen molar-refractivity contribution in [1.82, 2.24) is 14.8 Å². The summed E-state index contributed by atoms with van der Waals surface area (Å²) in [5.74, 6) is 0.360. The van der Waals surface area contributed by atoms with Gasteiger partial charge in [-0.1, -0.05) is 36.4 Å². The molecule has 1 amide bonds. The summed E-state index contributed by atoms with van der Waals surface area (Å²) in [6, 6.07) is 14.2. The molecule has 2 heterocycles. The Morgan fingerprint density at radius 2 is 2.00 bits per heavy atom. The Morgan fingerprint density at radius 3 is 2.75 bits per heavy atom. The van der Waals surface area contributed by atoms with Gasteiger partial charge in [-0.25, -0.2) is 0 Å². The molecule has 1 saturated heterocycles. The van der Waals surface area contributed by atoms with Gasteiger partial charge >= 0.3 is 0 Å². The summed E-state index contributed by atoms with van der Waals surface area (Å²) in [4.78, 5) is 21.2. The standard InChI is InChI=1S/C20H25N3O/c1-22(14-17-7-3-2-4-8-17)20(24)19-10-6-12-23(16-19)15-18-9-5-11-21-13-18/h2-5,7-9,11,13,19H,6,10,12,14-16H2,1H3/t19-/m0/s1. The highest BCUT2D eigenvalue weighted by atomic mass is 16.2. The zero-order valence-corrected chi connectivity index (χ0v) is 14.3. The lowest BCUT2D eigenvalue weighted by Gasteiger charge is -2.34. The van der Waals surface area contributed by atoms with Gasteiger partial charge in [-0.15, -0.1) is 0 Å². The van der Waals surface area contributed by atoms with Crippen LogP contribution in [0, 0.1) is 5.92 Å². The fourth-order valence-electron chi connectivity index (χ4n) is 3.40. The molecule has 1 aliphatic rings. The van der Waals surface area contributed by atoms with Crippen LogP contribution in [0.25, 0.3) is 0 Å². The summed E-state index contributed by atoms with van der Waals surface area (Å²) in [6.45, 7) is 3.45. The average Bonchev–Trinajstić information content (AvgIpc) is 2.63. The lowest BCUT2D eigenvalue weighted by molar-refractivity contribution is -0.136. The lowest BCUT2D eigenvalue weighted by Crippen LogP contribution is -2.43. The third-order valence-electron chi connectivity index (χ3n) is 4.62. The molecule has 1 aromatic carbocycles. The normalized spacial score (nSPS) is 18.3. The average molecular weight is 323 g/mol. The van der Waals surface area contributed by atoms with Crippen molar-refractivity contribution < 1.29 is 4.79 Å². The van der Waals surface area contributed by atoms with Crippen LogP contribution in [-0.4, -0.2) is 40.8 Å². The van der Waals surface area contributed by atoms with Gasteiger partial charge in [0.05, 0.1) is 5.92 Å². The van der Waals surface area contributed by atoms with E-state index in [2.05, 4.69) is 28.1 Å². The lowest BCUT2D eigenvalue weighted by atomic mass is 9.96. The van der Waals surface area contributed by atoms with Crippen molar-refractivity contribution in [1.29, 1.82) is 0 Å². The Labute approximate surface area is 144 Å². The molecule has 3 rings (SSSR count). The minimum atomic E-state index is 0.101. The van der Waals surface area contributed by atoms with Crippen molar-refractivity contribution in [3.63, 3.8) is 0 Å².